The molecule has 0 aliphatic rings. The predicted octanol–water partition coefficient (Wildman–Crippen LogP) is 4.37. The summed E-state index contributed by atoms with van der Waals surface area (Å²) in [5.74, 6) is 1.15. The van der Waals surface area contributed by atoms with Crippen molar-refractivity contribution in [3.05, 3.63) is 27.8 Å². The Morgan fingerprint density at radius 3 is 2.65 bits per heavy atom. The molecular weight excluding hydrogens is 234 g/mol. The maximum absolute atomic E-state index is 8.65. The first-order valence-corrected chi connectivity index (χ1v) is 6.11. The molecule has 0 fully saturated rings. The Hall–Kier alpha value is -1.20. The second-order valence-corrected chi connectivity index (χ2v) is 4.72. The molecule has 0 saturated heterocycles. The summed E-state index contributed by atoms with van der Waals surface area (Å²) >= 11 is 6.27. The number of halogens is 1. The molecule has 0 heterocycles. The van der Waals surface area contributed by atoms with Crippen LogP contribution in [-0.4, -0.2) is 7.11 Å². The van der Waals surface area contributed by atoms with E-state index in [-0.39, 0.29) is 5.92 Å². The van der Waals surface area contributed by atoms with Crippen LogP contribution in [0, 0.1) is 25.2 Å². The molecule has 92 valence electrons. The normalized spacial score (nSPS) is 12.0. The topological polar surface area (TPSA) is 33.0 Å². The van der Waals surface area contributed by atoms with Crippen molar-refractivity contribution in [2.24, 2.45) is 0 Å². The van der Waals surface area contributed by atoms with Gasteiger partial charge in [0.05, 0.1) is 13.2 Å². The van der Waals surface area contributed by atoms with Gasteiger partial charge in [-0.15, -0.1) is 0 Å². The van der Waals surface area contributed by atoms with Gasteiger partial charge in [-0.2, -0.15) is 5.26 Å². The Kier molecular flexibility index (Phi) is 4.84. The molecule has 0 aromatic heterocycles. The van der Waals surface area contributed by atoms with E-state index in [1.165, 1.54) is 0 Å². The third-order valence-electron chi connectivity index (χ3n) is 3.09. The minimum atomic E-state index is 0.280. The lowest BCUT2D eigenvalue weighted by Gasteiger charge is -2.19. The van der Waals surface area contributed by atoms with Crippen LogP contribution in [0.15, 0.2) is 6.07 Å². The maximum Gasteiger partial charge on any atom is 0.122 e. The SMILES string of the molecule is COc1cc(C)c(Cl)c(C)c1C(C)CCC#N. The molecule has 2 nitrogen and oxygen atoms in total. The minimum Gasteiger partial charge on any atom is -0.496 e. The van der Waals surface area contributed by atoms with Crippen molar-refractivity contribution in [2.75, 3.05) is 7.11 Å². The first kappa shape index (κ1) is 13.9. The van der Waals surface area contributed by atoms with Crippen LogP contribution in [0.1, 0.15) is 42.4 Å². The van der Waals surface area contributed by atoms with E-state index >= 15 is 0 Å². The highest BCUT2D eigenvalue weighted by Crippen LogP contribution is 2.37. The molecule has 3 heteroatoms. The van der Waals surface area contributed by atoms with Gasteiger partial charge >= 0.3 is 0 Å². The van der Waals surface area contributed by atoms with Crippen molar-refractivity contribution in [1.82, 2.24) is 0 Å². The van der Waals surface area contributed by atoms with Crippen molar-refractivity contribution < 1.29 is 4.74 Å². The van der Waals surface area contributed by atoms with Crippen LogP contribution in [0.4, 0.5) is 0 Å². The Labute approximate surface area is 108 Å². The number of methoxy groups -OCH3 is 1. The number of nitriles is 1. The lowest BCUT2D eigenvalue weighted by Crippen LogP contribution is -2.02. The van der Waals surface area contributed by atoms with E-state index in [2.05, 4.69) is 13.0 Å². The van der Waals surface area contributed by atoms with Gasteiger partial charge in [-0.1, -0.05) is 18.5 Å². The Morgan fingerprint density at radius 2 is 2.12 bits per heavy atom. The summed E-state index contributed by atoms with van der Waals surface area (Å²) in [5.41, 5.74) is 3.21. The molecule has 0 spiro atoms. The van der Waals surface area contributed by atoms with Crippen molar-refractivity contribution >= 4 is 11.6 Å². The van der Waals surface area contributed by atoms with Crippen molar-refractivity contribution in [3.63, 3.8) is 0 Å². The zero-order chi connectivity index (χ0) is 13.0. The second-order valence-electron chi connectivity index (χ2n) is 4.35. The second kappa shape index (κ2) is 5.93. The largest absolute Gasteiger partial charge is 0.496 e. The van der Waals surface area contributed by atoms with Gasteiger partial charge in [-0.05, 0) is 43.4 Å². The van der Waals surface area contributed by atoms with Gasteiger partial charge in [0.15, 0.2) is 0 Å². The molecule has 0 N–H and O–H groups in total. The van der Waals surface area contributed by atoms with Gasteiger partial charge < -0.3 is 4.74 Å². The van der Waals surface area contributed by atoms with Gasteiger partial charge in [0, 0.05) is 17.0 Å². The van der Waals surface area contributed by atoms with Gasteiger partial charge in [0.25, 0.3) is 0 Å². The van der Waals surface area contributed by atoms with Gasteiger partial charge in [-0.25, -0.2) is 0 Å². The first-order valence-electron chi connectivity index (χ1n) is 5.73. The van der Waals surface area contributed by atoms with E-state index < -0.39 is 0 Å². The first-order chi connectivity index (χ1) is 8.02. The summed E-state index contributed by atoms with van der Waals surface area (Å²) in [4.78, 5) is 0. The molecule has 0 aliphatic heterocycles. The van der Waals surface area contributed by atoms with E-state index in [0.717, 1.165) is 33.9 Å². The van der Waals surface area contributed by atoms with E-state index in [1.807, 2.05) is 19.9 Å². The number of rotatable bonds is 4. The molecule has 0 bridgehead atoms. The maximum atomic E-state index is 8.65. The van der Waals surface area contributed by atoms with Crippen LogP contribution >= 0.6 is 11.6 Å². The number of benzene rings is 1. The molecule has 0 saturated carbocycles. The molecule has 1 rings (SSSR count). The predicted molar refractivity (Wildman–Crippen MR) is 70.7 cm³/mol. The van der Waals surface area contributed by atoms with Gasteiger partial charge in [-0.3, -0.25) is 0 Å². The summed E-state index contributed by atoms with van der Waals surface area (Å²) in [6, 6.07) is 4.14. The third kappa shape index (κ3) is 2.92. The standard InChI is InChI=1S/C14H18ClNO/c1-9(6-5-7-16)13-11(3)14(15)10(2)8-12(13)17-4/h8-9H,5-6H2,1-4H3. The van der Waals surface area contributed by atoms with Crippen LogP contribution in [0.2, 0.25) is 5.02 Å². The number of hydrogen-bond donors (Lipinski definition) is 0. The number of nitrogens with zero attached hydrogens (tertiary/aromatic N) is 1. The van der Waals surface area contributed by atoms with Crippen LogP contribution in [0.3, 0.4) is 0 Å². The highest BCUT2D eigenvalue weighted by molar-refractivity contribution is 6.32. The number of ether oxygens (including phenoxy) is 1. The highest BCUT2D eigenvalue weighted by atomic mass is 35.5. The third-order valence-corrected chi connectivity index (χ3v) is 3.68. The lowest BCUT2D eigenvalue weighted by atomic mass is 9.90. The van der Waals surface area contributed by atoms with Crippen LogP contribution in [-0.2, 0) is 0 Å². The van der Waals surface area contributed by atoms with Gasteiger partial charge in [0.2, 0.25) is 0 Å². The molecule has 1 unspecified atom stereocenters. The highest BCUT2D eigenvalue weighted by Gasteiger charge is 2.17. The summed E-state index contributed by atoms with van der Waals surface area (Å²) in [5, 5.41) is 9.45. The van der Waals surface area contributed by atoms with Crippen LogP contribution in [0.5, 0.6) is 5.75 Å². The molecule has 0 radical (unpaired) electrons. The Bertz CT molecular complexity index is 449. The summed E-state index contributed by atoms with van der Waals surface area (Å²) in [7, 11) is 1.67. The summed E-state index contributed by atoms with van der Waals surface area (Å²) in [6.07, 6.45) is 1.38. The monoisotopic (exact) mass is 251 g/mol. The fraction of sp³-hybridized carbons (Fsp3) is 0.500. The van der Waals surface area contributed by atoms with Gasteiger partial charge in [0.1, 0.15) is 5.75 Å². The molecular formula is C14H18ClNO. The molecule has 0 aliphatic carbocycles. The average molecular weight is 252 g/mol. The lowest BCUT2D eigenvalue weighted by molar-refractivity contribution is 0.404. The zero-order valence-electron chi connectivity index (χ0n) is 10.8. The molecule has 1 aromatic carbocycles. The van der Waals surface area contributed by atoms with E-state index in [0.29, 0.717) is 6.42 Å². The molecule has 1 atom stereocenters. The van der Waals surface area contributed by atoms with Crippen LogP contribution in [0.25, 0.3) is 0 Å². The fourth-order valence-corrected chi connectivity index (χ4v) is 2.30. The summed E-state index contributed by atoms with van der Waals surface area (Å²) in [6.45, 7) is 6.09. The quantitative estimate of drug-likeness (QED) is 0.796. The Balaban J connectivity index is 3.21. The van der Waals surface area contributed by atoms with Crippen LogP contribution < -0.4 is 4.74 Å². The molecule has 0 amide bonds. The number of hydrogen-bond acceptors (Lipinski definition) is 2. The van der Waals surface area contributed by atoms with E-state index in [1.54, 1.807) is 7.11 Å². The minimum absolute atomic E-state index is 0.280. The Morgan fingerprint density at radius 1 is 1.47 bits per heavy atom. The number of aryl methyl sites for hydroxylation is 1. The average Bonchev–Trinajstić information content (AvgIpc) is 2.32. The smallest absolute Gasteiger partial charge is 0.122 e. The van der Waals surface area contributed by atoms with E-state index in [9.17, 15) is 0 Å². The van der Waals surface area contributed by atoms with Crippen molar-refractivity contribution in [3.8, 4) is 11.8 Å². The zero-order valence-corrected chi connectivity index (χ0v) is 11.6. The van der Waals surface area contributed by atoms with Crippen molar-refractivity contribution in [2.45, 2.75) is 39.5 Å². The molecule has 17 heavy (non-hydrogen) atoms. The molecule has 1 aromatic rings. The summed E-state index contributed by atoms with van der Waals surface area (Å²) < 4.78 is 5.42. The van der Waals surface area contributed by atoms with E-state index in [4.69, 9.17) is 21.6 Å². The van der Waals surface area contributed by atoms with Crippen molar-refractivity contribution in [1.29, 1.82) is 5.26 Å². The fourth-order valence-electron chi connectivity index (χ4n) is 2.14.